The molecule has 0 fully saturated rings. The average molecular weight is 240 g/mol. The van der Waals surface area contributed by atoms with E-state index < -0.39 is 0 Å². The van der Waals surface area contributed by atoms with Crippen molar-refractivity contribution in [3.05, 3.63) is 29.8 Å². The van der Waals surface area contributed by atoms with Gasteiger partial charge in [-0.1, -0.05) is 18.2 Å². The maximum Gasteiger partial charge on any atom is 0.134 e. The first-order valence-electron chi connectivity index (χ1n) is 4.05. The number of benzene rings is 1. The molecule has 0 saturated carbocycles. The summed E-state index contributed by atoms with van der Waals surface area (Å²) in [6.07, 6.45) is 0. The highest BCUT2D eigenvalue weighted by Gasteiger charge is 2.21. The average Bonchev–Trinajstić information content (AvgIpc) is 2.63. The van der Waals surface area contributed by atoms with Crippen LogP contribution < -0.4 is 4.72 Å². The van der Waals surface area contributed by atoms with Gasteiger partial charge in [0.2, 0.25) is 0 Å². The Bertz CT molecular complexity index is 361. The number of thiocyanates is 1. The summed E-state index contributed by atoms with van der Waals surface area (Å²) in [6, 6.07) is 8.35. The van der Waals surface area contributed by atoms with Crippen LogP contribution in [0.1, 0.15) is 10.9 Å². The third-order valence-electron chi connectivity index (χ3n) is 1.84. The molecule has 0 bridgehead atoms. The van der Waals surface area contributed by atoms with Crippen molar-refractivity contribution in [1.82, 2.24) is 4.72 Å². The van der Waals surface area contributed by atoms with Gasteiger partial charge in [0.05, 0.1) is 10.5 Å². The molecule has 2 rings (SSSR count). The van der Waals surface area contributed by atoms with Gasteiger partial charge in [-0.05, 0) is 35.3 Å². The molecule has 0 radical (unpaired) electrons. The summed E-state index contributed by atoms with van der Waals surface area (Å²) in [5.74, 6) is 0. The lowest BCUT2D eigenvalue weighted by molar-refractivity contribution is 0.963. The standard InChI is InChI=1S/C9H8N2S3/c10-5-12-6-13-9-7-3-1-2-4-8(7)14-11-9/h1-4,9,11H,6H2. The largest absolute Gasteiger partial charge is 0.243 e. The first-order chi connectivity index (χ1) is 6.92. The van der Waals surface area contributed by atoms with Crippen LogP contribution in [0.3, 0.4) is 0 Å². The SMILES string of the molecule is N#CSCSC1NSc2ccccc21. The van der Waals surface area contributed by atoms with Crippen molar-refractivity contribution >= 4 is 35.5 Å². The van der Waals surface area contributed by atoms with Crippen molar-refractivity contribution in [3.63, 3.8) is 0 Å². The van der Waals surface area contributed by atoms with E-state index in [1.807, 2.05) is 6.07 Å². The predicted octanol–water partition coefficient (Wildman–Crippen LogP) is 3.20. The highest BCUT2D eigenvalue weighted by Crippen LogP contribution is 2.41. The second-order valence-corrected chi connectivity index (χ2v) is 5.76. The smallest absolute Gasteiger partial charge is 0.134 e. The van der Waals surface area contributed by atoms with Gasteiger partial charge in [-0.2, -0.15) is 5.26 Å². The van der Waals surface area contributed by atoms with E-state index in [0.717, 1.165) is 5.08 Å². The van der Waals surface area contributed by atoms with Gasteiger partial charge in [-0.15, -0.1) is 11.8 Å². The van der Waals surface area contributed by atoms with Gasteiger partial charge in [-0.3, -0.25) is 0 Å². The highest BCUT2D eigenvalue weighted by molar-refractivity contribution is 8.18. The van der Waals surface area contributed by atoms with Crippen molar-refractivity contribution in [2.45, 2.75) is 10.3 Å². The highest BCUT2D eigenvalue weighted by atomic mass is 32.2. The van der Waals surface area contributed by atoms with Crippen LogP contribution in [0.2, 0.25) is 0 Å². The summed E-state index contributed by atoms with van der Waals surface area (Å²) in [6.45, 7) is 0. The van der Waals surface area contributed by atoms with Gasteiger partial charge in [-0.25, -0.2) is 4.72 Å². The van der Waals surface area contributed by atoms with E-state index in [0.29, 0.717) is 5.37 Å². The molecule has 1 unspecified atom stereocenters. The number of nitriles is 1. The Labute approximate surface area is 96.0 Å². The molecule has 1 aromatic rings. The summed E-state index contributed by atoms with van der Waals surface area (Å²) >= 11 is 4.72. The number of nitrogens with one attached hydrogen (secondary N) is 1. The van der Waals surface area contributed by atoms with E-state index in [1.165, 1.54) is 22.2 Å². The van der Waals surface area contributed by atoms with Crippen LogP contribution >= 0.6 is 35.5 Å². The van der Waals surface area contributed by atoms with Crippen LogP contribution in [0, 0.1) is 10.7 Å². The molecule has 0 aromatic heterocycles. The van der Waals surface area contributed by atoms with Gasteiger partial charge in [0, 0.05) is 4.90 Å². The van der Waals surface area contributed by atoms with E-state index in [1.54, 1.807) is 23.7 Å². The maximum absolute atomic E-state index is 8.41. The zero-order valence-electron chi connectivity index (χ0n) is 7.27. The zero-order chi connectivity index (χ0) is 9.80. The Morgan fingerprint density at radius 3 is 3.21 bits per heavy atom. The first-order valence-corrected chi connectivity index (χ1v) is 6.90. The Balaban J connectivity index is 2.00. The molecule has 1 aromatic carbocycles. The Hall–Kier alpha value is -0.280. The van der Waals surface area contributed by atoms with Crippen molar-refractivity contribution < 1.29 is 0 Å². The summed E-state index contributed by atoms with van der Waals surface area (Å²) in [5, 5.41) is 11.6. The minimum Gasteiger partial charge on any atom is -0.243 e. The molecule has 1 aliphatic heterocycles. The summed E-state index contributed by atoms with van der Waals surface area (Å²) in [5.41, 5.74) is 1.33. The Morgan fingerprint density at radius 1 is 1.50 bits per heavy atom. The lowest BCUT2D eigenvalue weighted by atomic mass is 10.2. The van der Waals surface area contributed by atoms with Crippen molar-refractivity contribution in [2.75, 3.05) is 5.08 Å². The number of nitrogens with zero attached hydrogens (tertiary/aromatic N) is 1. The maximum atomic E-state index is 8.41. The van der Waals surface area contributed by atoms with E-state index >= 15 is 0 Å². The van der Waals surface area contributed by atoms with Crippen LogP contribution in [0.5, 0.6) is 0 Å². The lowest BCUT2D eigenvalue weighted by Gasteiger charge is -2.08. The minimum absolute atomic E-state index is 0.331. The number of hydrogen-bond acceptors (Lipinski definition) is 5. The molecule has 1 aliphatic rings. The number of hydrogen-bond donors (Lipinski definition) is 1. The topological polar surface area (TPSA) is 35.8 Å². The second-order valence-electron chi connectivity index (χ2n) is 2.66. The van der Waals surface area contributed by atoms with Crippen molar-refractivity contribution in [3.8, 4) is 5.40 Å². The van der Waals surface area contributed by atoms with E-state index in [9.17, 15) is 0 Å². The third kappa shape index (κ3) is 2.20. The molecule has 0 spiro atoms. The van der Waals surface area contributed by atoms with E-state index in [2.05, 4.69) is 28.3 Å². The first kappa shape index (κ1) is 10.2. The van der Waals surface area contributed by atoms with Crippen LogP contribution in [-0.2, 0) is 0 Å². The summed E-state index contributed by atoms with van der Waals surface area (Å²) < 4.78 is 3.34. The fourth-order valence-electron chi connectivity index (χ4n) is 1.22. The predicted molar refractivity (Wildman–Crippen MR) is 63.8 cm³/mol. The van der Waals surface area contributed by atoms with Gasteiger partial charge in [0.25, 0.3) is 0 Å². The van der Waals surface area contributed by atoms with Gasteiger partial charge in [0.15, 0.2) is 0 Å². The molecule has 0 saturated heterocycles. The van der Waals surface area contributed by atoms with E-state index in [-0.39, 0.29) is 0 Å². The second kappa shape index (κ2) is 4.99. The van der Waals surface area contributed by atoms with Crippen LogP contribution in [-0.4, -0.2) is 5.08 Å². The van der Waals surface area contributed by atoms with Crippen LogP contribution in [0.25, 0.3) is 0 Å². The number of rotatable bonds is 3. The monoisotopic (exact) mass is 240 g/mol. The fourth-order valence-corrected chi connectivity index (χ4v) is 3.94. The van der Waals surface area contributed by atoms with Crippen LogP contribution in [0.15, 0.2) is 29.2 Å². The van der Waals surface area contributed by atoms with Gasteiger partial charge >= 0.3 is 0 Å². The normalized spacial score (nSPS) is 18.9. The number of thioether (sulfide) groups is 2. The van der Waals surface area contributed by atoms with E-state index in [4.69, 9.17) is 5.26 Å². The molecule has 1 atom stereocenters. The molecule has 2 nitrogen and oxygen atoms in total. The molecule has 72 valence electrons. The third-order valence-corrected chi connectivity index (χ3v) is 4.78. The fraction of sp³-hybridized carbons (Fsp3) is 0.222. The molecule has 5 heteroatoms. The molecular weight excluding hydrogens is 232 g/mol. The molecular formula is C9H8N2S3. The summed E-state index contributed by atoms with van der Waals surface area (Å²) in [7, 11) is 0. The number of fused-ring (bicyclic) bond motifs is 1. The molecule has 14 heavy (non-hydrogen) atoms. The Kier molecular flexibility index (Phi) is 3.65. The van der Waals surface area contributed by atoms with Crippen LogP contribution in [0.4, 0.5) is 0 Å². The van der Waals surface area contributed by atoms with Crippen molar-refractivity contribution in [1.29, 1.82) is 5.26 Å². The Morgan fingerprint density at radius 2 is 2.36 bits per heavy atom. The zero-order valence-corrected chi connectivity index (χ0v) is 9.72. The van der Waals surface area contributed by atoms with Gasteiger partial charge in [0.1, 0.15) is 5.40 Å². The van der Waals surface area contributed by atoms with Gasteiger partial charge < -0.3 is 0 Å². The molecule has 1 N–H and O–H groups in total. The quantitative estimate of drug-likeness (QED) is 0.380. The van der Waals surface area contributed by atoms with Crippen molar-refractivity contribution in [2.24, 2.45) is 0 Å². The summed E-state index contributed by atoms with van der Waals surface area (Å²) in [4.78, 5) is 1.30. The molecule has 0 aliphatic carbocycles. The minimum atomic E-state index is 0.331. The molecule has 1 heterocycles. The lowest BCUT2D eigenvalue weighted by Crippen LogP contribution is -2.02. The molecule has 0 amide bonds.